The fraction of sp³-hybridized carbons (Fsp3) is 0.917. The molecular weight excluding hydrogens is 176 g/mol. The lowest BCUT2D eigenvalue weighted by Crippen LogP contribution is -2.15. The van der Waals surface area contributed by atoms with E-state index in [2.05, 4.69) is 13.8 Å². The molecule has 0 amide bonds. The second-order valence-corrected chi connectivity index (χ2v) is 3.75. The SMILES string of the molecule is CCCCCOC(C=O)CCCCC. The third-order valence-corrected chi connectivity index (χ3v) is 2.32. The molecule has 2 nitrogen and oxygen atoms in total. The van der Waals surface area contributed by atoms with Crippen LogP contribution in [0.5, 0.6) is 0 Å². The lowest BCUT2D eigenvalue weighted by molar-refractivity contribution is -0.118. The van der Waals surface area contributed by atoms with Crippen LogP contribution in [0.3, 0.4) is 0 Å². The molecule has 0 radical (unpaired) electrons. The molecule has 0 saturated carbocycles. The van der Waals surface area contributed by atoms with Gasteiger partial charge in [0.25, 0.3) is 0 Å². The lowest BCUT2D eigenvalue weighted by atomic mass is 10.1. The summed E-state index contributed by atoms with van der Waals surface area (Å²) in [5.74, 6) is 0. The van der Waals surface area contributed by atoms with Crippen molar-refractivity contribution < 1.29 is 9.53 Å². The summed E-state index contributed by atoms with van der Waals surface area (Å²) in [6.07, 6.45) is 8.65. The summed E-state index contributed by atoms with van der Waals surface area (Å²) in [6, 6.07) is 0. The van der Waals surface area contributed by atoms with Crippen LogP contribution in [0.25, 0.3) is 0 Å². The van der Waals surface area contributed by atoms with Gasteiger partial charge in [-0.05, 0) is 12.8 Å². The van der Waals surface area contributed by atoms with Gasteiger partial charge in [-0.3, -0.25) is 0 Å². The normalized spacial score (nSPS) is 12.7. The van der Waals surface area contributed by atoms with E-state index < -0.39 is 0 Å². The summed E-state index contributed by atoms with van der Waals surface area (Å²) in [7, 11) is 0. The summed E-state index contributed by atoms with van der Waals surface area (Å²) in [4.78, 5) is 10.6. The first-order chi connectivity index (χ1) is 6.85. The smallest absolute Gasteiger partial charge is 0.148 e. The Balaban J connectivity index is 3.33. The van der Waals surface area contributed by atoms with Gasteiger partial charge in [-0.1, -0.05) is 46.0 Å². The number of rotatable bonds is 10. The molecule has 0 aliphatic carbocycles. The molecule has 1 atom stereocenters. The molecule has 0 bridgehead atoms. The number of hydrogen-bond donors (Lipinski definition) is 0. The number of unbranched alkanes of at least 4 members (excludes halogenated alkanes) is 4. The fourth-order valence-corrected chi connectivity index (χ4v) is 1.37. The Morgan fingerprint density at radius 3 is 2.29 bits per heavy atom. The quantitative estimate of drug-likeness (QED) is 0.399. The average Bonchev–Trinajstić information content (AvgIpc) is 2.22. The van der Waals surface area contributed by atoms with Crippen LogP contribution in [0.1, 0.15) is 58.8 Å². The van der Waals surface area contributed by atoms with Crippen molar-refractivity contribution >= 4 is 6.29 Å². The van der Waals surface area contributed by atoms with Crippen LogP contribution in [0, 0.1) is 0 Å². The second-order valence-electron chi connectivity index (χ2n) is 3.75. The minimum Gasteiger partial charge on any atom is -0.371 e. The van der Waals surface area contributed by atoms with Crippen molar-refractivity contribution in [3.05, 3.63) is 0 Å². The van der Waals surface area contributed by atoms with E-state index in [0.717, 1.165) is 32.2 Å². The Morgan fingerprint density at radius 1 is 1.07 bits per heavy atom. The van der Waals surface area contributed by atoms with Crippen LogP contribution in [0.2, 0.25) is 0 Å². The number of carbonyl (C=O) groups excluding carboxylic acids is 1. The third kappa shape index (κ3) is 8.24. The average molecular weight is 200 g/mol. The Bertz CT molecular complexity index is 123. The van der Waals surface area contributed by atoms with Gasteiger partial charge in [-0.15, -0.1) is 0 Å². The molecule has 0 aliphatic heterocycles. The third-order valence-electron chi connectivity index (χ3n) is 2.32. The lowest BCUT2D eigenvalue weighted by Gasteiger charge is -2.10. The molecule has 1 unspecified atom stereocenters. The Morgan fingerprint density at radius 2 is 1.71 bits per heavy atom. The van der Waals surface area contributed by atoms with Crippen molar-refractivity contribution in [2.45, 2.75) is 64.9 Å². The van der Waals surface area contributed by atoms with Gasteiger partial charge in [0.2, 0.25) is 0 Å². The van der Waals surface area contributed by atoms with Gasteiger partial charge in [0, 0.05) is 6.61 Å². The van der Waals surface area contributed by atoms with Gasteiger partial charge in [-0.25, -0.2) is 0 Å². The minimum absolute atomic E-state index is 0.154. The van der Waals surface area contributed by atoms with Crippen molar-refractivity contribution in [1.29, 1.82) is 0 Å². The second kappa shape index (κ2) is 10.7. The highest BCUT2D eigenvalue weighted by Gasteiger charge is 2.05. The zero-order valence-electron chi connectivity index (χ0n) is 9.63. The zero-order chi connectivity index (χ0) is 10.6. The molecule has 0 saturated heterocycles. The Labute approximate surface area is 88.0 Å². The fourth-order valence-electron chi connectivity index (χ4n) is 1.37. The van der Waals surface area contributed by atoms with Crippen molar-refractivity contribution in [3.63, 3.8) is 0 Å². The Kier molecular flexibility index (Phi) is 10.4. The molecule has 0 spiro atoms. The molecule has 0 fully saturated rings. The van der Waals surface area contributed by atoms with Gasteiger partial charge in [-0.2, -0.15) is 0 Å². The molecule has 0 heterocycles. The molecule has 0 rings (SSSR count). The topological polar surface area (TPSA) is 26.3 Å². The van der Waals surface area contributed by atoms with Crippen molar-refractivity contribution in [1.82, 2.24) is 0 Å². The van der Waals surface area contributed by atoms with Gasteiger partial charge in [0.1, 0.15) is 12.4 Å². The minimum atomic E-state index is -0.154. The van der Waals surface area contributed by atoms with E-state index in [1.807, 2.05) is 0 Å². The van der Waals surface area contributed by atoms with Crippen molar-refractivity contribution in [2.24, 2.45) is 0 Å². The highest BCUT2D eigenvalue weighted by atomic mass is 16.5. The maximum Gasteiger partial charge on any atom is 0.148 e. The molecule has 14 heavy (non-hydrogen) atoms. The molecular formula is C12H24O2. The largest absolute Gasteiger partial charge is 0.371 e. The van der Waals surface area contributed by atoms with E-state index in [1.54, 1.807) is 0 Å². The van der Waals surface area contributed by atoms with Gasteiger partial charge in [0.15, 0.2) is 0 Å². The van der Waals surface area contributed by atoms with Gasteiger partial charge >= 0.3 is 0 Å². The summed E-state index contributed by atoms with van der Waals surface area (Å²) >= 11 is 0. The molecule has 2 heteroatoms. The number of ether oxygens (including phenoxy) is 1. The van der Waals surface area contributed by atoms with E-state index in [0.29, 0.717) is 0 Å². The number of aldehydes is 1. The summed E-state index contributed by atoms with van der Waals surface area (Å²) < 4.78 is 5.47. The van der Waals surface area contributed by atoms with E-state index >= 15 is 0 Å². The molecule has 0 aliphatic rings. The summed E-state index contributed by atoms with van der Waals surface area (Å²) in [5, 5.41) is 0. The first-order valence-electron chi connectivity index (χ1n) is 5.92. The van der Waals surface area contributed by atoms with Crippen LogP contribution >= 0.6 is 0 Å². The standard InChI is InChI=1S/C12H24O2/c1-3-5-7-9-12(11-13)14-10-8-6-4-2/h11-12H,3-10H2,1-2H3. The highest BCUT2D eigenvalue weighted by molar-refractivity contribution is 5.55. The molecule has 0 aromatic rings. The predicted molar refractivity (Wildman–Crippen MR) is 59.5 cm³/mol. The highest BCUT2D eigenvalue weighted by Crippen LogP contribution is 2.06. The maximum absolute atomic E-state index is 10.6. The van der Waals surface area contributed by atoms with Crippen LogP contribution in [-0.4, -0.2) is 19.0 Å². The van der Waals surface area contributed by atoms with Crippen LogP contribution < -0.4 is 0 Å². The van der Waals surface area contributed by atoms with Crippen LogP contribution in [0.15, 0.2) is 0 Å². The first kappa shape index (κ1) is 13.6. The van der Waals surface area contributed by atoms with Crippen molar-refractivity contribution in [3.8, 4) is 0 Å². The molecule has 0 aromatic heterocycles. The number of carbonyl (C=O) groups is 1. The summed E-state index contributed by atoms with van der Waals surface area (Å²) in [6.45, 7) is 5.07. The molecule has 84 valence electrons. The van der Waals surface area contributed by atoms with Crippen molar-refractivity contribution in [2.75, 3.05) is 6.61 Å². The monoisotopic (exact) mass is 200 g/mol. The van der Waals surface area contributed by atoms with E-state index in [4.69, 9.17) is 4.74 Å². The first-order valence-corrected chi connectivity index (χ1v) is 5.92. The maximum atomic E-state index is 10.6. The Hall–Kier alpha value is -0.370. The predicted octanol–water partition coefficient (Wildman–Crippen LogP) is 3.34. The van der Waals surface area contributed by atoms with E-state index in [9.17, 15) is 4.79 Å². The number of hydrogen-bond acceptors (Lipinski definition) is 2. The zero-order valence-corrected chi connectivity index (χ0v) is 9.63. The van der Waals surface area contributed by atoms with Gasteiger partial charge in [0.05, 0.1) is 0 Å². The van der Waals surface area contributed by atoms with Gasteiger partial charge < -0.3 is 9.53 Å². The molecule has 0 aromatic carbocycles. The van der Waals surface area contributed by atoms with Crippen LogP contribution in [-0.2, 0) is 9.53 Å². The van der Waals surface area contributed by atoms with E-state index in [1.165, 1.54) is 25.7 Å². The summed E-state index contributed by atoms with van der Waals surface area (Å²) in [5.41, 5.74) is 0. The molecule has 0 N–H and O–H groups in total. The van der Waals surface area contributed by atoms with Crippen LogP contribution in [0.4, 0.5) is 0 Å². The van der Waals surface area contributed by atoms with E-state index in [-0.39, 0.29) is 6.10 Å².